The maximum absolute atomic E-state index is 12.1. The minimum Gasteiger partial charge on any atom is -0.354 e. The maximum Gasteiger partial charge on any atom is 0.251 e. The van der Waals surface area contributed by atoms with Crippen LogP contribution >= 0.6 is 0 Å². The van der Waals surface area contributed by atoms with Crippen molar-refractivity contribution in [2.24, 2.45) is 0 Å². The third-order valence-electron chi connectivity index (χ3n) is 4.02. The van der Waals surface area contributed by atoms with Crippen molar-refractivity contribution in [2.75, 3.05) is 0 Å². The van der Waals surface area contributed by atoms with E-state index in [-0.39, 0.29) is 30.3 Å². The summed E-state index contributed by atoms with van der Waals surface area (Å²) in [5, 5.41) is 5.86. The zero-order valence-corrected chi connectivity index (χ0v) is 14.9. The quantitative estimate of drug-likeness (QED) is 0.776. The average Bonchev–Trinajstić information content (AvgIpc) is 2.61. The largest absolute Gasteiger partial charge is 0.354 e. The van der Waals surface area contributed by atoms with Gasteiger partial charge in [0.1, 0.15) is 0 Å². The summed E-state index contributed by atoms with van der Waals surface area (Å²) >= 11 is 0. The molecule has 0 spiro atoms. The molecule has 2 unspecified atom stereocenters. The summed E-state index contributed by atoms with van der Waals surface area (Å²) in [6.45, 7) is 3.85. The fourth-order valence-corrected chi connectivity index (χ4v) is 2.66. The number of carbonyl (C=O) groups is 2. The van der Waals surface area contributed by atoms with E-state index in [1.54, 1.807) is 12.1 Å². The highest BCUT2D eigenvalue weighted by Gasteiger charge is 2.14. The van der Waals surface area contributed by atoms with Crippen LogP contribution < -0.4 is 10.6 Å². The first-order chi connectivity index (χ1) is 12.0. The van der Waals surface area contributed by atoms with Gasteiger partial charge in [-0.25, -0.2) is 0 Å². The molecule has 0 fully saturated rings. The number of nitrogens with one attached hydrogen (secondary N) is 2. The fourth-order valence-electron chi connectivity index (χ4n) is 2.66. The lowest BCUT2D eigenvalue weighted by molar-refractivity contribution is -0.122. The van der Waals surface area contributed by atoms with Crippen LogP contribution in [0.2, 0.25) is 0 Å². The van der Waals surface area contributed by atoms with Crippen LogP contribution in [0.3, 0.4) is 0 Å². The molecule has 2 aromatic carbocycles. The van der Waals surface area contributed by atoms with Crippen LogP contribution in [0.15, 0.2) is 60.7 Å². The van der Waals surface area contributed by atoms with E-state index in [0.29, 0.717) is 5.56 Å². The number of rotatable bonds is 8. The van der Waals surface area contributed by atoms with E-state index in [9.17, 15) is 9.59 Å². The first kappa shape index (κ1) is 18.7. The highest BCUT2D eigenvalue weighted by Crippen LogP contribution is 2.05. The SMILES string of the molecule is CC(CCc1ccccc1)NC(=O)CC(C)NC(=O)c1ccccc1. The lowest BCUT2D eigenvalue weighted by Crippen LogP contribution is -2.40. The van der Waals surface area contributed by atoms with Crippen molar-refractivity contribution in [1.29, 1.82) is 0 Å². The molecule has 0 saturated heterocycles. The summed E-state index contributed by atoms with van der Waals surface area (Å²) in [6, 6.07) is 19.1. The van der Waals surface area contributed by atoms with Crippen molar-refractivity contribution in [1.82, 2.24) is 10.6 Å². The lowest BCUT2D eigenvalue weighted by Gasteiger charge is -2.17. The van der Waals surface area contributed by atoms with Crippen LogP contribution in [-0.4, -0.2) is 23.9 Å². The van der Waals surface area contributed by atoms with Gasteiger partial charge in [-0.05, 0) is 44.4 Å². The van der Waals surface area contributed by atoms with Crippen molar-refractivity contribution in [3.63, 3.8) is 0 Å². The van der Waals surface area contributed by atoms with Gasteiger partial charge in [-0.15, -0.1) is 0 Å². The minimum atomic E-state index is -0.214. The Balaban J connectivity index is 1.70. The lowest BCUT2D eigenvalue weighted by atomic mass is 10.1. The second kappa shape index (κ2) is 9.62. The molecule has 2 rings (SSSR count). The van der Waals surface area contributed by atoms with Crippen molar-refractivity contribution in [2.45, 2.75) is 45.2 Å². The number of carbonyl (C=O) groups excluding carboxylic acids is 2. The molecule has 2 amide bonds. The Morgan fingerprint density at radius 3 is 2.08 bits per heavy atom. The third kappa shape index (κ3) is 6.79. The smallest absolute Gasteiger partial charge is 0.251 e. The van der Waals surface area contributed by atoms with Gasteiger partial charge in [0.25, 0.3) is 5.91 Å². The number of amides is 2. The second-order valence-corrected chi connectivity index (χ2v) is 6.44. The van der Waals surface area contributed by atoms with Crippen LogP contribution in [0, 0.1) is 0 Å². The molecule has 0 bridgehead atoms. The normalized spacial score (nSPS) is 12.9. The van der Waals surface area contributed by atoms with Gasteiger partial charge >= 0.3 is 0 Å². The Kier molecular flexibility index (Phi) is 7.20. The monoisotopic (exact) mass is 338 g/mol. The predicted octanol–water partition coefficient (Wildman–Crippen LogP) is 3.33. The van der Waals surface area contributed by atoms with Crippen molar-refractivity contribution < 1.29 is 9.59 Å². The Morgan fingerprint density at radius 2 is 1.44 bits per heavy atom. The average molecular weight is 338 g/mol. The van der Waals surface area contributed by atoms with Gasteiger partial charge in [0, 0.05) is 24.1 Å². The molecular formula is C21H26N2O2. The molecular weight excluding hydrogens is 312 g/mol. The van der Waals surface area contributed by atoms with Crippen molar-refractivity contribution in [3.8, 4) is 0 Å². The van der Waals surface area contributed by atoms with E-state index in [1.807, 2.05) is 50.2 Å². The molecule has 0 aliphatic carbocycles. The van der Waals surface area contributed by atoms with Gasteiger partial charge in [0.05, 0.1) is 0 Å². The topological polar surface area (TPSA) is 58.2 Å². The number of hydrogen-bond donors (Lipinski definition) is 2. The molecule has 0 aliphatic heterocycles. The summed E-state index contributed by atoms with van der Waals surface area (Å²) in [5.41, 5.74) is 1.87. The molecule has 132 valence electrons. The number of benzene rings is 2. The highest BCUT2D eigenvalue weighted by atomic mass is 16.2. The summed E-state index contributed by atoms with van der Waals surface area (Å²) < 4.78 is 0. The van der Waals surface area contributed by atoms with Crippen LogP contribution in [0.5, 0.6) is 0 Å². The van der Waals surface area contributed by atoms with E-state index in [4.69, 9.17) is 0 Å². The summed E-state index contributed by atoms with van der Waals surface area (Å²) in [6.07, 6.45) is 2.09. The Labute approximate surface area is 149 Å². The van der Waals surface area contributed by atoms with Crippen molar-refractivity contribution >= 4 is 11.8 Å². The first-order valence-electron chi connectivity index (χ1n) is 8.74. The minimum absolute atomic E-state index is 0.0403. The number of aryl methyl sites for hydroxylation is 1. The summed E-state index contributed by atoms with van der Waals surface area (Å²) in [7, 11) is 0. The molecule has 0 heterocycles. The maximum atomic E-state index is 12.1. The third-order valence-corrected chi connectivity index (χ3v) is 4.02. The van der Waals surface area contributed by atoms with Gasteiger partial charge in [0.2, 0.25) is 5.91 Å². The van der Waals surface area contributed by atoms with Gasteiger partial charge in [-0.3, -0.25) is 9.59 Å². The van der Waals surface area contributed by atoms with E-state index in [2.05, 4.69) is 22.8 Å². The molecule has 4 nitrogen and oxygen atoms in total. The molecule has 0 aliphatic rings. The Hall–Kier alpha value is -2.62. The molecule has 2 aromatic rings. The van der Waals surface area contributed by atoms with Crippen LogP contribution in [0.4, 0.5) is 0 Å². The zero-order valence-electron chi connectivity index (χ0n) is 14.9. The molecule has 4 heteroatoms. The molecule has 0 aromatic heterocycles. The van der Waals surface area contributed by atoms with Crippen LogP contribution in [-0.2, 0) is 11.2 Å². The Bertz CT molecular complexity index is 671. The molecule has 0 saturated carbocycles. The standard InChI is InChI=1S/C21H26N2O2/c1-16(13-14-18-9-5-3-6-10-18)22-20(24)15-17(2)23-21(25)19-11-7-4-8-12-19/h3-12,16-17H,13-15H2,1-2H3,(H,22,24)(H,23,25). The fraction of sp³-hybridized carbons (Fsp3) is 0.333. The predicted molar refractivity (Wildman–Crippen MR) is 100 cm³/mol. The second-order valence-electron chi connectivity index (χ2n) is 6.44. The van der Waals surface area contributed by atoms with E-state index in [1.165, 1.54) is 5.56 Å². The van der Waals surface area contributed by atoms with Gasteiger partial charge in [-0.2, -0.15) is 0 Å². The van der Waals surface area contributed by atoms with Crippen LogP contribution in [0.25, 0.3) is 0 Å². The Morgan fingerprint density at radius 1 is 0.840 bits per heavy atom. The van der Waals surface area contributed by atoms with E-state index in [0.717, 1.165) is 12.8 Å². The number of hydrogen-bond acceptors (Lipinski definition) is 2. The molecule has 2 atom stereocenters. The summed E-state index contributed by atoms with van der Waals surface area (Å²) in [5.74, 6) is -0.195. The summed E-state index contributed by atoms with van der Waals surface area (Å²) in [4.78, 5) is 24.2. The zero-order chi connectivity index (χ0) is 18.1. The molecule has 0 radical (unpaired) electrons. The van der Waals surface area contributed by atoms with Gasteiger partial charge in [0.15, 0.2) is 0 Å². The van der Waals surface area contributed by atoms with Gasteiger partial charge < -0.3 is 10.6 Å². The van der Waals surface area contributed by atoms with E-state index < -0.39 is 0 Å². The van der Waals surface area contributed by atoms with Gasteiger partial charge in [-0.1, -0.05) is 48.5 Å². The molecule has 25 heavy (non-hydrogen) atoms. The molecule has 2 N–H and O–H groups in total. The van der Waals surface area contributed by atoms with E-state index >= 15 is 0 Å². The highest BCUT2D eigenvalue weighted by molar-refractivity contribution is 5.94. The first-order valence-corrected chi connectivity index (χ1v) is 8.74. The van der Waals surface area contributed by atoms with Crippen molar-refractivity contribution in [3.05, 3.63) is 71.8 Å². The van der Waals surface area contributed by atoms with Crippen LogP contribution in [0.1, 0.15) is 42.6 Å².